The molecule has 0 unspecified atom stereocenters. The number of anilines is 1. The van der Waals surface area contributed by atoms with Crippen molar-refractivity contribution >= 4 is 17.3 Å². The lowest BCUT2D eigenvalue weighted by Gasteiger charge is -2.26. The summed E-state index contributed by atoms with van der Waals surface area (Å²) in [5, 5.41) is 6.62. The Bertz CT molecular complexity index is 1460. The van der Waals surface area contributed by atoms with Crippen LogP contribution in [0.2, 0.25) is 0 Å². The van der Waals surface area contributed by atoms with Gasteiger partial charge in [-0.2, -0.15) is 0 Å². The first-order valence-corrected chi connectivity index (χ1v) is 10.3. The van der Waals surface area contributed by atoms with Gasteiger partial charge in [0, 0.05) is 22.6 Å². The van der Waals surface area contributed by atoms with Crippen LogP contribution in [0.3, 0.4) is 0 Å². The van der Waals surface area contributed by atoms with Gasteiger partial charge in [0.05, 0.1) is 16.9 Å². The van der Waals surface area contributed by atoms with E-state index >= 15 is 0 Å². The van der Waals surface area contributed by atoms with E-state index in [2.05, 4.69) is 10.4 Å². The highest BCUT2D eigenvalue weighted by Crippen LogP contribution is 2.48. The van der Waals surface area contributed by atoms with Crippen molar-refractivity contribution in [3.8, 4) is 5.69 Å². The Kier molecular flexibility index (Phi) is 3.68. The van der Waals surface area contributed by atoms with Crippen LogP contribution in [0.25, 0.3) is 11.4 Å². The average molecular weight is 405 g/mol. The largest absolute Gasteiger partial charge is 0.339 e. The van der Waals surface area contributed by atoms with E-state index in [1.807, 2.05) is 85.8 Å². The molecule has 1 aromatic heterocycles. The number of allylic oxidation sites excluding steroid dienone is 1. The maximum absolute atomic E-state index is 13.6. The first-order valence-electron chi connectivity index (χ1n) is 10.3. The normalized spacial score (nSPS) is 16.5. The number of nitrogens with one attached hydrogen (secondary N) is 2. The Morgan fingerprint density at radius 2 is 1.48 bits per heavy atom. The van der Waals surface area contributed by atoms with Gasteiger partial charge >= 0.3 is 0 Å². The molecular formula is C26H19N3O2. The quantitative estimate of drug-likeness (QED) is 0.511. The Balaban J connectivity index is 1.65. The zero-order valence-electron chi connectivity index (χ0n) is 16.8. The van der Waals surface area contributed by atoms with Crippen LogP contribution in [0.15, 0.2) is 89.2 Å². The number of aromatic amines is 1. The summed E-state index contributed by atoms with van der Waals surface area (Å²) in [6.07, 6.45) is 0. The van der Waals surface area contributed by atoms with Crippen molar-refractivity contribution in [2.45, 2.75) is 12.8 Å². The van der Waals surface area contributed by atoms with E-state index in [1.54, 1.807) is 4.68 Å². The van der Waals surface area contributed by atoms with Gasteiger partial charge in [-0.3, -0.25) is 14.7 Å². The molecule has 1 aliphatic carbocycles. The molecule has 31 heavy (non-hydrogen) atoms. The summed E-state index contributed by atoms with van der Waals surface area (Å²) in [5.74, 6) is 0.162. The SMILES string of the molecule is Cc1ccccc1[C@@H]1C2=C(Nc3[nH]n(-c4ccccc4)c(=O)c31)c1ccccc1C2=O. The number of fused-ring (bicyclic) bond motifs is 3. The molecule has 1 aliphatic heterocycles. The summed E-state index contributed by atoms with van der Waals surface area (Å²) < 4.78 is 1.54. The molecule has 2 aliphatic rings. The Morgan fingerprint density at radius 3 is 2.26 bits per heavy atom. The lowest BCUT2D eigenvalue weighted by Crippen LogP contribution is -2.25. The van der Waals surface area contributed by atoms with E-state index in [1.165, 1.54) is 0 Å². The zero-order valence-corrected chi connectivity index (χ0v) is 16.8. The molecule has 0 amide bonds. The summed E-state index contributed by atoms with van der Waals surface area (Å²) in [7, 11) is 0. The third kappa shape index (κ3) is 2.43. The van der Waals surface area contributed by atoms with Crippen LogP contribution in [0.4, 0.5) is 5.82 Å². The van der Waals surface area contributed by atoms with Gasteiger partial charge < -0.3 is 5.32 Å². The molecule has 0 fully saturated rings. The number of ketones is 1. The van der Waals surface area contributed by atoms with Gasteiger partial charge in [0.1, 0.15) is 5.82 Å². The van der Waals surface area contributed by atoms with Crippen LogP contribution >= 0.6 is 0 Å². The summed E-state index contributed by atoms with van der Waals surface area (Å²) >= 11 is 0. The van der Waals surface area contributed by atoms with Gasteiger partial charge in [-0.1, -0.05) is 66.7 Å². The molecular weight excluding hydrogens is 386 g/mol. The van der Waals surface area contributed by atoms with E-state index in [-0.39, 0.29) is 11.3 Å². The number of para-hydroxylation sites is 1. The highest BCUT2D eigenvalue weighted by molar-refractivity contribution is 6.23. The molecule has 4 aromatic rings. The highest BCUT2D eigenvalue weighted by Gasteiger charge is 2.43. The van der Waals surface area contributed by atoms with E-state index in [0.717, 1.165) is 28.1 Å². The van der Waals surface area contributed by atoms with E-state index in [0.29, 0.717) is 22.5 Å². The predicted molar refractivity (Wildman–Crippen MR) is 121 cm³/mol. The molecule has 2 heterocycles. The monoisotopic (exact) mass is 405 g/mol. The number of H-pyrrole nitrogens is 1. The van der Waals surface area contributed by atoms with Crippen molar-refractivity contribution in [3.63, 3.8) is 0 Å². The van der Waals surface area contributed by atoms with Gasteiger partial charge in [0.25, 0.3) is 5.56 Å². The summed E-state index contributed by atoms with van der Waals surface area (Å²) in [6.45, 7) is 2.02. The smallest absolute Gasteiger partial charge is 0.277 e. The van der Waals surface area contributed by atoms with Gasteiger partial charge in [-0.05, 0) is 30.2 Å². The molecule has 0 spiro atoms. The number of hydrogen-bond acceptors (Lipinski definition) is 3. The number of Topliss-reactive ketones (excluding diaryl/α,β-unsaturated/α-hetero) is 1. The van der Waals surface area contributed by atoms with Crippen molar-refractivity contribution in [2.75, 3.05) is 5.32 Å². The molecule has 6 rings (SSSR count). The molecule has 0 saturated carbocycles. The van der Waals surface area contributed by atoms with E-state index < -0.39 is 5.92 Å². The molecule has 5 heteroatoms. The number of benzene rings is 3. The van der Waals surface area contributed by atoms with E-state index in [9.17, 15) is 9.59 Å². The fourth-order valence-corrected chi connectivity index (χ4v) is 4.78. The second-order valence-corrected chi connectivity index (χ2v) is 7.95. The second kappa shape index (κ2) is 6.44. The molecule has 2 N–H and O–H groups in total. The molecule has 0 bridgehead atoms. The summed E-state index contributed by atoms with van der Waals surface area (Å²) in [6, 6.07) is 25.0. The van der Waals surface area contributed by atoms with Crippen LogP contribution in [-0.2, 0) is 0 Å². The predicted octanol–water partition coefficient (Wildman–Crippen LogP) is 4.64. The van der Waals surface area contributed by atoms with Gasteiger partial charge in [0.2, 0.25) is 0 Å². The van der Waals surface area contributed by atoms with Gasteiger partial charge in [-0.15, -0.1) is 0 Å². The number of hydrogen-bond donors (Lipinski definition) is 2. The van der Waals surface area contributed by atoms with Crippen LogP contribution < -0.4 is 10.9 Å². The van der Waals surface area contributed by atoms with Gasteiger partial charge in [0.15, 0.2) is 5.78 Å². The maximum Gasteiger partial charge on any atom is 0.277 e. The fourth-order valence-electron chi connectivity index (χ4n) is 4.78. The van der Waals surface area contributed by atoms with Crippen LogP contribution in [0.5, 0.6) is 0 Å². The minimum Gasteiger partial charge on any atom is -0.339 e. The molecule has 150 valence electrons. The molecule has 0 radical (unpaired) electrons. The van der Waals surface area contributed by atoms with Crippen molar-refractivity contribution in [2.24, 2.45) is 0 Å². The van der Waals surface area contributed by atoms with Crippen LogP contribution in [0, 0.1) is 6.92 Å². The number of carbonyl (C=O) groups excluding carboxylic acids is 1. The third-order valence-electron chi connectivity index (χ3n) is 6.22. The van der Waals surface area contributed by atoms with Crippen LogP contribution in [0.1, 0.15) is 38.5 Å². The van der Waals surface area contributed by atoms with Crippen molar-refractivity contribution in [1.29, 1.82) is 0 Å². The molecule has 3 aromatic carbocycles. The molecule has 1 atom stereocenters. The van der Waals surface area contributed by atoms with E-state index in [4.69, 9.17) is 0 Å². The van der Waals surface area contributed by atoms with Crippen molar-refractivity contribution in [1.82, 2.24) is 9.78 Å². The lowest BCUT2D eigenvalue weighted by atomic mass is 9.80. The number of aryl methyl sites for hydroxylation is 1. The topological polar surface area (TPSA) is 66.9 Å². The van der Waals surface area contributed by atoms with Crippen molar-refractivity contribution < 1.29 is 4.79 Å². The third-order valence-corrected chi connectivity index (χ3v) is 6.22. The lowest BCUT2D eigenvalue weighted by molar-refractivity contribution is 0.103. The highest BCUT2D eigenvalue weighted by atomic mass is 16.1. The zero-order chi connectivity index (χ0) is 21.1. The minimum atomic E-state index is -0.443. The standard InChI is InChI=1S/C26H19N3O2/c1-15-9-5-6-12-17(15)20-21-23(18-13-7-8-14-19(18)24(21)30)27-25-22(20)26(31)29(28-25)16-10-3-2-4-11-16/h2-14,20,27-28H,1H3/t20-/m1/s1. The Labute approximate surface area is 178 Å². The molecule has 0 saturated heterocycles. The number of nitrogens with zero attached hydrogens (tertiary/aromatic N) is 1. The van der Waals surface area contributed by atoms with Crippen LogP contribution in [-0.4, -0.2) is 15.6 Å². The average Bonchev–Trinajstić information content (AvgIpc) is 3.29. The number of carbonyl (C=O) groups is 1. The summed E-state index contributed by atoms with van der Waals surface area (Å²) in [4.78, 5) is 27.1. The van der Waals surface area contributed by atoms with Gasteiger partial charge in [-0.25, -0.2) is 4.68 Å². The number of rotatable bonds is 2. The number of aromatic nitrogens is 2. The maximum atomic E-state index is 13.6. The minimum absolute atomic E-state index is 0.0242. The Morgan fingerprint density at radius 1 is 0.806 bits per heavy atom. The van der Waals surface area contributed by atoms with Crippen molar-refractivity contribution in [3.05, 3.63) is 123 Å². The summed E-state index contributed by atoms with van der Waals surface area (Å²) in [5.41, 5.74) is 6.14. The first-order chi connectivity index (χ1) is 15.1. The fraction of sp³-hybridized carbons (Fsp3) is 0.0769. The Hall–Kier alpha value is -4.12. The first kappa shape index (κ1) is 17.7. The molecule has 5 nitrogen and oxygen atoms in total. The second-order valence-electron chi connectivity index (χ2n) is 7.95.